The number of aromatic nitrogens is 1. The lowest BCUT2D eigenvalue weighted by molar-refractivity contribution is 0.605. The van der Waals surface area contributed by atoms with E-state index >= 15 is 0 Å². The molecule has 14 heavy (non-hydrogen) atoms. The standard InChI is InChI=1S/C11H13BrN2/c1-8(13)7-14-5-4-9-2-3-10(12)6-11(9)14/h2-6,8H,7,13H2,1H3/t8-/m0/s1. The van der Waals surface area contributed by atoms with Gasteiger partial charge in [0.25, 0.3) is 0 Å². The Morgan fingerprint density at radius 3 is 2.93 bits per heavy atom. The van der Waals surface area contributed by atoms with E-state index in [1.54, 1.807) is 0 Å². The predicted molar refractivity (Wildman–Crippen MR) is 63.3 cm³/mol. The first-order chi connectivity index (χ1) is 6.66. The third-order valence-electron chi connectivity index (χ3n) is 2.22. The smallest absolute Gasteiger partial charge is 0.0492 e. The molecule has 0 spiro atoms. The highest BCUT2D eigenvalue weighted by molar-refractivity contribution is 9.10. The molecule has 0 saturated carbocycles. The van der Waals surface area contributed by atoms with Crippen LogP contribution in [0.25, 0.3) is 10.9 Å². The monoisotopic (exact) mass is 252 g/mol. The molecular formula is C11H13BrN2. The minimum Gasteiger partial charge on any atom is -0.346 e. The summed E-state index contributed by atoms with van der Waals surface area (Å²) < 4.78 is 3.29. The Morgan fingerprint density at radius 2 is 2.21 bits per heavy atom. The number of halogens is 1. The van der Waals surface area contributed by atoms with E-state index in [0.717, 1.165) is 11.0 Å². The molecule has 0 unspecified atom stereocenters. The number of nitrogens with zero attached hydrogens (tertiary/aromatic N) is 1. The summed E-state index contributed by atoms with van der Waals surface area (Å²) in [6.07, 6.45) is 2.08. The SMILES string of the molecule is C[C@H](N)Cn1ccc2ccc(Br)cc21. The molecule has 3 heteroatoms. The third-order valence-corrected chi connectivity index (χ3v) is 2.71. The van der Waals surface area contributed by atoms with E-state index in [1.807, 2.05) is 6.92 Å². The number of hydrogen-bond donors (Lipinski definition) is 1. The van der Waals surface area contributed by atoms with E-state index in [-0.39, 0.29) is 6.04 Å². The number of hydrogen-bond acceptors (Lipinski definition) is 1. The molecule has 1 aromatic heterocycles. The van der Waals surface area contributed by atoms with Crippen LogP contribution in [0.4, 0.5) is 0 Å². The van der Waals surface area contributed by atoms with Gasteiger partial charge >= 0.3 is 0 Å². The number of rotatable bonds is 2. The largest absolute Gasteiger partial charge is 0.346 e. The summed E-state index contributed by atoms with van der Waals surface area (Å²) in [6, 6.07) is 8.59. The summed E-state index contributed by atoms with van der Waals surface area (Å²) in [5.41, 5.74) is 7.01. The van der Waals surface area contributed by atoms with Gasteiger partial charge in [0, 0.05) is 28.8 Å². The summed E-state index contributed by atoms with van der Waals surface area (Å²) in [4.78, 5) is 0. The van der Waals surface area contributed by atoms with Crippen LogP contribution >= 0.6 is 15.9 Å². The molecule has 2 aromatic rings. The number of fused-ring (bicyclic) bond motifs is 1. The van der Waals surface area contributed by atoms with Crippen LogP contribution in [0.2, 0.25) is 0 Å². The van der Waals surface area contributed by atoms with Crippen molar-refractivity contribution in [3.63, 3.8) is 0 Å². The topological polar surface area (TPSA) is 30.9 Å². The summed E-state index contributed by atoms with van der Waals surface area (Å²) in [6.45, 7) is 2.88. The van der Waals surface area contributed by atoms with Crippen molar-refractivity contribution < 1.29 is 0 Å². The molecule has 2 N–H and O–H groups in total. The highest BCUT2D eigenvalue weighted by Gasteiger charge is 2.02. The molecule has 1 atom stereocenters. The Hall–Kier alpha value is -0.800. The zero-order valence-electron chi connectivity index (χ0n) is 8.07. The molecule has 1 heterocycles. The number of benzene rings is 1. The second kappa shape index (κ2) is 3.75. The summed E-state index contributed by atoms with van der Waals surface area (Å²) in [7, 11) is 0. The average Bonchev–Trinajstić information content (AvgIpc) is 2.47. The van der Waals surface area contributed by atoms with Gasteiger partial charge in [0.2, 0.25) is 0 Å². The Kier molecular flexibility index (Phi) is 2.61. The third kappa shape index (κ3) is 1.83. The van der Waals surface area contributed by atoms with Crippen LogP contribution in [0.3, 0.4) is 0 Å². The Balaban J connectivity index is 2.50. The Labute approximate surface area is 91.8 Å². The summed E-state index contributed by atoms with van der Waals surface area (Å²) >= 11 is 3.47. The molecule has 0 bridgehead atoms. The minimum absolute atomic E-state index is 0.185. The molecule has 0 amide bonds. The lowest BCUT2D eigenvalue weighted by Crippen LogP contribution is -2.21. The fraction of sp³-hybridized carbons (Fsp3) is 0.273. The van der Waals surface area contributed by atoms with E-state index in [0.29, 0.717) is 0 Å². The van der Waals surface area contributed by atoms with Crippen molar-refractivity contribution in [1.82, 2.24) is 4.57 Å². The van der Waals surface area contributed by atoms with Crippen LogP contribution in [0.5, 0.6) is 0 Å². The Bertz CT molecular complexity index is 445. The molecule has 0 fully saturated rings. The van der Waals surface area contributed by atoms with Crippen molar-refractivity contribution in [2.75, 3.05) is 0 Å². The van der Waals surface area contributed by atoms with E-state index in [9.17, 15) is 0 Å². The van der Waals surface area contributed by atoms with Crippen LogP contribution in [0, 0.1) is 0 Å². The predicted octanol–water partition coefficient (Wildman–Crippen LogP) is 2.75. The van der Waals surface area contributed by atoms with Gasteiger partial charge in [0.1, 0.15) is 0 Å². The number of nitrogens with two attached hydrogens (primary N) is 1. The molecule has 74 valence electrons. The highest BCUT2D eigenvalue weighted by Crippen LogP contribution is 2.20. The molecule has 0 radical (unpaired) electrons. The van der Waals surface area contributed by atoms with Gasteiger partial charge < -0.3 is 10.3 Å². The van der Waals surface area contributed by atoms with Gasteiger partial charge in [-0.3, -0.25) is 0 Å². The fourth-order valence-corrected chi connectivity index (χ4v) is 1.98. The van der Waals surface area contributed by atoms with Gasteiger partial charge in [-0.1, -0.05) is 22.0 Å². The Morgan fingerprint density at radius 1 is 1.43 bits per heavy atom. The normalized spacial score (nSPS) is 13.4. The zero-order valence-corrected chi connectivity index (χ0v) is 9.66. The summed E-state index contributed by atoms with van der Waals surface area (Å²) in [5.74, 6) is 0. The van der Waals surface area contributed by atoms with Crippen molar-refractivity contribution in [3.8, 4) is 0 Å². The van der Waals surface area contributed by atoms with Gasteiger partial charge in [0.05, 0.1) is 0 Å². The first kappa shape index (κ1) is 9.74. The van der Waals surface area contributed by atoms with Crippen molar-refractivity contribution in [2.24, 2.45) is 5.73 Å². The molecule has 0 aliphatic carbocycles. The second-order valence-electron chi connectivity index (χ2n) is 3.65. The zero-order chi connectivity index (χ0) is 10.1. The van der Waals surface area contributed by atoms with Crippen LogP contribution < -0.4 is 5.73 Å². The van der Waals surface area contributed by atoms with E-state index in [1.165, 1.54) is 10.9 Å². The maximum Gasteiger partial charge on any atom is 0.0492 e. The van der Waals surface area contributed by atoms with Gasteiger partial charge in [-0.05, 0) is 30.5 Å². The maximum absolute atomic E-state index is 5.78. The first-order valence-corrected chi connectivity index (χ1v) is 5.46. The maximum atomic E-state index is 5.78. The molecule has 0 aliphatic rings. The van der Waals surface area contributed by atoms with E-state index in [2.05, 4.69) is 51.0 Å². The molecular weight excluding hydrogens is 240 g/mol. The van der Waals surface area contributed by atoms with Crippen molar-refractivity contribution >= 4 is 26.8 Å². The molecule has 0 aliphatic heterocycles. The van der Waals surface area contributed by atoms with Crippen LogP contribution in [-0.4, -0.2) is 10.6 Å². The lowest BCUT2D eigenvalue weighted by atomic mass is 10.2. The van der Waals surface area contributed by atoms with Crippen molar-refractivity contribution in [2.45, 2.75) is 19.5 Å². The van der Waals surface area contributed by atoms with Crippen molar-refractivity contribution in [3.05, 3.63) is 34.9 Å². The highest BCUT2D eigenvalue weighted by atomic mass is 79.9. The second-order valence-corrected chi connectivity index (χ2v) is 4.56. The van der Waals surface area contributed by atoms with Crippen molar-refractivity contribution in [1.29, 1.82) is 0 Å². The molecule has 2 rings (SSSR count). The van der Waals surface area contributed by atoms with Gasteiger partial charge in [0.15, 0.2) is 0 Å². The van der Waals surface area contributed by atoms with Crippen LogP contribution in [0.1, 0.15) is 6.92 Å². The van der Waals surface area contributed by atoms with Crippen LogP contribution in [0.15, 0.2) is 34.9 Å². The van der Waals surface area contributed by atoms with Gasteiger partial charge in [-0.15, -0.1) is 0 Å². The quantitative estimate of drug-likeness (QED) is 0.876. The summed E-state index contributed by atoms with van der Waals surface area (Å²) in [5, 5.41) is 1.26. The van der Waals surface area contributed by atoms with Crippen LogP contribution in [-0.2, 0) is 6.54 Å². The fourth-order valence-electron chi connectivity index (χ4n) is 1.63. The van der Waals surface area contributed by atoms with E-state index < -0.39 is 0 Å². The molecule has 1 aromatic carbocycles. The van der Waals surface area contributed by atoms with E-state index in [4.69, 9.17) is 5.73 Å². The molecule has 0 saturated heterocycles. The average molecular weight is 253 g/mol. The molecule has 2 nitrogen and oxygen atoms in total. The lowest BCUT2D eigenvalue weighted by Gasteiger charge is -2.08. The minimum atomic E-state index is 0.185. The van der Waals surface area contributed by atoms with Gasteiger partial charge in [-0.25, -0.2) is 0 Å². The first-order valence-electron chi connectivity index (χ1n) is 4.67. The van der Waals surface area contributed by atoms with Gasteiger partial charge in [-0.2, -0.15) is 0 Å².